The number of aliphatic imine (C=N–C) groups is 1. The van der Waals surface area contributed by atoms with Gasteiger partial charge in [-0.15, -0.1) is 0 Å². The largest absolute Gasteiger partial charge is 0.326 e. The Morgan fingerprint density at radius 1 is 1.06 bits per heavy atom. The summed E-state index contributed by atoms with van der Waals surface area (Å²) >= 11 is 0. The lowest BCUT2D eigenvalue weighted by Crippen LogP contribution is -2.22. The van der Waals surface area contributed by atoms with Crippen LogP contribution in [0.25, 0.3) is 0 Å². The summed E-state index contributed by atoms with van der Waals surface area (Å²) in [6, 6.07) is 9.59. The predicted molar refractivity (Wildman–Crippen MR) is 64.0 cm³/mol. The molecule has 5 nitrogen and oxygen atoms in total. The minimum absolute atomic E-state index is 0.309. The molecule has 1 aromatic carbocycles. The lowest BCUT2D eigenvalue weighted by molar-refractivity contribution is 0.991. The van der Waals surface area contributed by atoms with E-state index in [0.29, 0.717) is 17.8 Å². The Bertz CT molecular complexity index is 711. The van der Waals surface area contributed by atoms with Gasteiger partial charge in [0.1, 0.15) is 5.69 Å². The molecule has 0 spiro atoms. The Morgan fingerprint density at radius 3 is 2.59 bits per heavy atom. The minimum atomic E-state index is -0.488. The van der Waals surface area contributed by atoms with Crippen LogP contribution in [0, 0.1) is 0 Å². The zero-order valence-corrected chi connectivity index (χ0v) is 8.86. The van der Waals surface area contributed by atoms with Gasteiger partial charge in [-0.05, 0) is 5.56 Å². The fraction of sp³-hybridized carbons (Fsp3) is 0.0833. The third-order valence-corrected chi connectivity index (χ3v) is 2.69. The zero-order chi connectivity index (χ0) is 11.8. The molecule has 1 aliphatic rings. The Kier molecular flexibility index (Phi) is 2.04. The summed E-state index contributed by atoms with van der Waals surface area (Å²) < 4.78 is 0. The van der Waals surface area contributed by atoms with E-state index in [4.69, 9.17) is 0 Å². The number of aromatic nitrogens is 2. The summed E-state index contributed by atoms with van der Waals surface area (Å²) in [7, 11) is 0. The molecule has 0 saturated heterocycles. The summed E-state index contributed by atoms with van der Waals surface area (Å²) in [4.78, 5) is 31.7. The normalized spacial score (nSPS) is 13.3. The molecule has 1 aromatic heterocycles. The third kappa shape index (κ3) is 1.61. The van der Waals surface area contributed by atoms with E-state index < -0.39 is 11.2 Å². The number of nitrogens with one attached hydrogen (secondary N) is 2. The van der Waals surface area contributed by atoms with E-state index in [-0.39, 0.29) is 0 Å². The summed E-state index contributed by atoms with van der Waals surface area (Å²) in [5, 5.41) is 0. The van der Waals surface area contributed by atoms with Gasteiger partial charge in [0, 0.05) is 6.42 Å². The van der Waals surface area contributed by atoms with Crippen LogP contribution in [0.3, 0.4) is 0 Å². The second-order valence-corrected chi connectivity index (χ2v) is 3.84. The Hall–Kier alpha value is -2.43. The van der Waals surface area contributed by atoms with Crippen LogP contribution in [0.4, 0.5) is 5.69 Å². The van der Waals surface area contributed by atoms with Crippen molar-refractivity contribution in [2.24, 2.45) is 4.99 Å². The fourth-order valence-electron chi connectivity index (χ4n) is 1.91. The van der Waals surface area contributed by atoms with Crippen molar-refractivity contribution in [3.8, 4) is 0 Å². The van der Waals surface area contributed by atoms with Crippen LogP contribution in [-0.4, -0.2) is 15.7 Å². The highest BCUT2D eigenvalue weighted by atomic mass is 16.2. The molecule has 3 rings (SSSR count). The van der Waals surface area contributed by atoms with Gasteiger partial charge in [-0.1, -0.05) is 30.3 Å². The molecule has 0 unspecified atom stereocenters. The van der Waals surface area contributed by atoms with Gasteiger partial charge >= 0.3 is 5.69 Å². The van der Waals surface area contributed by atoms with Gasteiger partial charge in [-0.25, -0.2) is 9.79 Å². The van der Waals surface area contributed by atoms with E-state index in [9.17, 15) is 9.59 Å². The zero-order valence-electron chi connectivity index (χ0n) is 8.86. The highest BCUT2D eigenvalue weighted by Crippen LogP contribution is 2.21. The number of benzene rings is 1. The van der Waals surface area contributed by atoms with Gasteiger partial charge in [-0.3, -0.25) is 9.78 Å². The van der Waals surface area contributed by atoms with Crippen LogP contribution in [0.1, 0.15) is 11.3 Å². The second-order valence-electron chi connectivity index (χ2n) is 3.84. The highest BCUT2D eigenvalue weighted by Gasteiger charge is 2.19. The molecular weight excluding hydrogens is 218 g/mol. The summed E-state index contributed by atoms with van der Waals surface area (Å²) in [6.45, 7) is 0. The molecule has 2 aromatic rings. The van der Waals surface area contributed by atoms with Gasteiger partial charge in [0.25, 0.3) is 5.56 Å². The SMILES string of the molecule is O=c1[nH]c2c(c(=O)[nH]1)N=C(c1ccccc1)C2. The lowest BCUT2D eigenvalue weighted by Gasteiger charge is -1.98. The van der Waals surface area contributed by atoms with Crippen LogP contribution in [-0.2, 0) is 6.42 Å². The molecule has 2 N–H and O–H groups in total. The number of hydrogen-bond donors (Lipinski definition) is 2. The first-order valence-corrected chi connectivity index (χ1v) is 5.22. The van der Waals surface area contributed by atoms with Crippen molar-refractivity contribution in [1.82, 2.24) is 9.97 Å². The van der Waals surface area contributed by atoms with Gasteiger partial charge in [0.15, 0.2) is 0 Å². The standard InChI is InChI=1S/C12H9N3O2/c16-11-10-9(14-12(17)15-11)6-8(13-10)7-4-2-1-3-5-7/h1-5H,6H2,(H2,14,15,16,17). The third-order valence-electron chi connectivity index (χ3n) is 2.69. The summed E-state index contributed by atoms with van der Waals surface area (Å²) in [5.41, 5.74) is 1.73. The van der Waals surface area contributed by atoms with Crippen molar-refractivity contribution in [3.05, 3.63) is 62.4 Å². The molecule has 17 heavy (non-hydrogen) atoms. The molecule has 0 atom stereocenters. The second kappa shape index (κ2) is 3.55. The van der Waals surface area contributed by atoms with Crippen molar-refractivity contribution in [2.75, 3.05) is 0 Å². The first-order chi connectivity index (χ1) is 8.24. The Balaban J connectivity index is 2.12. The number of aromatic amines is 2. The van der Waals surface area contributed by atoms with Crippen LogP contribution < -0.4 is 11.2 Å². The molecule has 0 aliphatic carbocycles. The average molecular weight is 227 g/mol. The minimum Gasteiger partial charge on any atom is -0.309 e. The number of rotatable bonds is 1. The lowest BCUT2D eigenvalue weighted by atomic mass is 10.1. The predicted octanol–water partition coefficient (Wildman–Crippen LogP) is 0.740. The maximum absolute atomic E-state index is 11.5. The van der Waals surface area contributed by atoms with Crippen molar-refractivity contribution in [1.29, 1.82) is 0 Å². The average Bonchev–Trinajstić information content (AvgIpc) is 2.74. The molecule has 5 heteroatoms. The molecule has 0 radical (unpaired) electrons. The molecule has 2 heterocycles. The fourth-order valence-corrected chi connectivity index (χ4v) is 1.91. The molecule has 0 bridgehead atoms. The van der Waals surface area contributed by atoms with Gasteiger partial charge in [-0.2, -0.15) is 0 Å². The number of hydrogen-bond acceptors (Lipinski definition) is 3. The molecular formula is C12H9N3O2. The van der Waals surface area contributed by atoms with E-state index in [0.717, 1.165) is 11.3 Å². The number of nitrogens with zero attached hydrogens (tertiary/aromatic N) is 1. The first kappa shape index (κ1) is 9.77. The molecule has 84 valence electrons. The number of H-pyrrole nitrogens is 2. The summed E-state index contributed by atoms with van der Waals surface area (Å²) in [5.74, 6) is 0. The van der Waals surface area contributed by atoms with E-state index in [1.165, 1.54) is 0 Å². The first-order valence-electron chi connectivity index (χ1n) is 5.22. The highest BCUT2D eigenvalue weighted by molar-refractivity contribution is 6.05. The quantitative estimate of drug-likeness (QED) is 0.753. The van der Waals surface area contributed by atoms with Crippen molar-refractivity contribution in [3.63, 3.8) is 0 Å². The topological polar surface area (TPSA) is 78.1 Å². The van der Waals surface area contributed by atoms with Gasteiger partial charge in [0.05, 0.1) is 11.4 Å². The number of fused-ring (bicyclic) bond motifs is 1. The van der Waals surface area contributed by atoms with Crippen LogP contribution in [0.5, 0.6) is 0 Å². The van der Waals surface area contributed by atoms with E-state index in [2.05, 4.69) is 15.0 Å². The molecule has 0 saturated carbocycles. The van der Waals surface area contributed by atoms with Gasteiger partial charge in [0.2, 0.25) is 0 Å². The Labute approximate surface area is 95.9 Å². The maximum Gasteiger partial charge on any atom is 0.326 e. The molecule has 1 aliphatic heterocycles. The van der Waals surface area contributed by atoms with Crippen molar-refractivity contribution in [2.45, 2.75) is 6.42 Å². The van der Waals surface area contributed by atoms with E-state index in [1.807, 2.05) is 30.3 Å². The van der Waals surface area contributed by atoms with Crippen molar-refractivity contribution >= 4 is 11.4 Å². The van der Waals surface area contributed by atoms with Gasteiger partial charge < -0.3 is 4.98 Å². The molecule has 0 fully saturated rings. The monoisotopic (exact) mass is 227 g/mol. The Morgan fingerprint density at radius 2 is 1.82 bits per heavy atom. The van der Waals surface area contributed by atoms with Crippen LogP contribution in [0.2, 0.25) is 0 Å². The van der Waals surface area contributed by atoms with Crippen LogP contribution >= 0.6 is 0 Å². The van der Waals surface area contributed by atoms with E-state index in [1.54, 1.807) is 0 Å². The van der Waals surface area contributed by atoms with Crippen molar-refractivity contribution < 1.29 is 0 Å². The molecule has 0 amide bonds. The van der Waals surface area contributed by atoms with E-state index >= 15 is 0 Å². The maximum atomic E-state index is 11.5. The smallest absolute Gasteiger partial charge is 0.309 e. The summed E-state index contributed by atoms with van der Waals surface area (Å²) in [6.07, 6.45) is 0.485. The van der Waals surface area contributed by atoms with Crippen LogP contribution in [0.15, 0.2) is 44.9 Å².